The Morgan fingerprint density at radius 3 is 2.85 bits per heavy atom. The fourth-order valence-electron chi connectivity index (χ4n) is 2.53. The van der Waals surface area contributed by atoms with Crippen molar-refractivity contribution in [3.05, 3.63) is 29.0 Å². The Hall–Kier alpha value is -0.360. The summed E-state index contributed by atoms with van der Waals surface area (Å²) < 4.78 is 40.0. The first kappa shape index (κ1) is 16.0. The van der Waals surface area contributed by atoms with E-state index in [0.717, 1.165) is 37.8 Å². The number of sulfonamides is 1. The van der Waals surface area contributed by atoms with Crippen LogP contribution in [0.15, 0.2) is 23.1 Å². The van der Waals surface area contributed by atoms with Crippen LogP contribution >= 0.6 is 23.2 Å². The average molecular weight is 340 g/mol. The summed E-state index contributed by atoms with van der Waals surface area (Å²) in [5, 5.41) is 0.0504. The summed E-state index contributed by atoms with van der Waals surface area (Å²) in [7, 11) is -3.75. The second kappa shape index (κ2) is 6.60. The van der Waals surface area contributed by atoms with Crippen LogP contribution in [-0.4, -0.2) is 31.2 Å². The zero-order chi connectivity index (χ0) is 14.8. The molecule has 1 atom stereocenters. The van der Waals surface area contributed by atoms with Crippen molar-refractivity contribution < 1.29 is 12.8 Å². The van der Waals surface area contributed by atoms with E-state index in [1.165, 1.54) is 10.4 Å². The van der Waals surface area contributed by atoms with Crippen LogP contribution < -0.4 is 0 Å². The van der Waals surface area contributed by atoms with Crippen LogP contribution in [0, 0.1) is 5.82 Å². The molecule has 0 radical (unpaired) electrons. The molecule has 0 spiro atoms. The predicted molar refractivity (Wildman–Crippen MR) is 78.3 cm³/mol. The van der Waals surface area contributed by atoms with E-state index in [1.807, 2.05) is 0 Å². The van der Waals surface area contributed by atoms with Gasteiger partial charge in [-0.2, -0.15) is 4.31 Å². The van der Waals surface area contributed by atoms with Crippen molar-refractivity contribution in [1.29, 1.82) is 0 Å². The minimum atomic E-state index is -3.75. The van der Waals surface area contributed by atoms with E-state index >= 15 is 0 Å². The molecule has 3 nitrogen and oxygen atoms in total. The molecule has 1 unspecified atom stereocenters. The van der Waals surface area contributed by atoms with Crippen LogP contribution in [0.3, 0.4) is 0 Å². The first-order valence-corrected chi connectivity index (χ1v) is 8.85. The van der Waals surface area contributed by atoms with Crippen LogP contribution in [0.4, 0.5) is 4.39 Å². The third-order valence-electron chi connectivity index (χ3n) is 3.47. The van der Waals surface area contributed by atoms with E-state index in [0.29, 0.717) is 12.4 Å². The van der Waals surface area contributed by atoms with Crippen molar-refractivity contribution in [1.82, 2.24) is 4.31 Å². The molecule has 0 aliphatic carbocycles. The molecule has 1 aromatic rings. The standard InChI is InChI=1S/C13H16Cl2FNO2S/c14-7-1-3-11-4-2-8-17(11)20(18,19)13-9-10(16)5-6-12(13)15/h5-6,9,11H,1-4,7-8H2. The maximum absolute atomic E-state index is 13.3. The van der Waals surface area contributed by atoms with Crippen LogP contribution in [0.5, 0.6) is 0 Å². The molecule has 0 amide bonds. The highest BCUT2D eigenvalue weighted by Gasteiger charge is 2.36. The number of halogens is 3. The number of rotatable bonds is 5. The largest absolute Gasteiger partial charge is 0.244 e. The van der Waals surface area contributed by atoms with Crippen molar-refractivity contribution in [2.24, 2.45) is 0 Å². The van der Waals surface area contributed by atoms with Gasteiger partial charge in [0.1, 0.15) is 10.7 Å². The minimum Gasteiger partial charge on any atom is -0.207 e. The highest BCUT2D eigenvalue weighted by Crippen LogP contribution is 2.32. The van der Waals surface area contributed by atoms with Gasteiger partial charge in [-0.1, -0.05) is 11.6 Å². The van der Waals surface area contributed by atoms with Crippen molar-refractivity contribution in [3.8, 4) is 0 Å². The molecule has 20 heavy (non-hydrogen) atoms. The molecule has 1 aliphatic rings. The Bertz CT molecular complexity index is 580. The second-order valence-electron chi connectivity index (χ2n) is 4.82. The molecular formula is C13H16Cl2FNO2S. The molecule has 1 heterocycles. The van der Waals surface area contributed by atoms with Crippen LogP contribution in [0.1, 0.15) is 25.7 Å². The molecular weight excluding hydrogens is 324 g/mol. The molecule has 1 saturated heterocycles. The van der Waals surface area contributed by atoms with Gasteiger partial charge in [0.25, 0.3) is 0 Å². The smallest absolute Gasteiger partial charge is 0.207 e. The van der Waals surface area contributed by atoms with Crippen molar-refractivity contribution in [3.63, 3.8) is 0 Å². The minimum absolute atomic E-state index is 0.0504. The highest BCUT2D eigenvalue weighted by atomic mass is 35.5. The summed E-state index contributed by atoms with van der Waals surface area (Å²) in [5.74, 6) is -0.102. The van der Waals surface area contributed by atoms with Crippen molar-refractivity contribution in [2.45, 2.75) is 36.6 Å². The Morgan fingerprint density at radius 1 is 1.40 bits per heavy atom. The van der Waals surface area contributed by atoms with Gasteiger partial charge in [0.15, 0.2) is 0 Å². The van der Waals surface area contributed by atoms with Gasteiger partial charge >= 0.3 is 0 Å². The van der Waals surface area contributed by atoms with E-state index in [1.54, 1.807) is 0 Å². The molecule has 1 aliphatic heterocycles. The molecule has 7 heteroatoms. The van der Waals surface area contributed by atoms with Crippen LogP contribution in [0.2, 0.25) is 5.02 Å². The maximum atomic E-state index is 13.3. The number of nitrogens with zero attached hydrogens (tertiary/aromatic N) is 1. The predicted octanol–water partition coefficient (Wildman–Crippen LogP) is 3.65. The number of hydrogen-bond acceptors (Lipinski definition) is 2. The zero-order valence-corrected chi connectivity index (χ0v) is 13.2. The number of alkyl halides is 1. The van der Waals surface area contributed by atoms with Gasteiger partial charge < -0.3 is 0 Å². The molecule has 2 rings (SSSR count). The molecule has 0 N–H and O–H groups in total. The van der Waals surface area contributed by atoms with E-state index in [2.05, 4.69) is 0 Å². The van der Waals surface area contributed by atoms with Crippen molar-refractivity contribution in [2.75, 3.05) is 12.4 Å². The van der Waals surface area contributed by atoms with E-state index < -0.39 is 15.8 Å². The van der Waals surface area contributed by atoms with Gasteiger partial charge in [0.05, 0.1) is 5.02 Å². The van der Waals surface area contributed by atoms with Gasteiger partial charge in [0.2, 0.25) is 10.0 Å². The summed E-state index contributed by atoms with van der Waals surface area (Å²) in [6.07, 6.45) is 3.09. The lowest BCUT2D eigenvalue weighted by molar-refractivity contribution is 0.368. The average Bonchev–Trinajstić information content (AvgIpc) is 2.88. The Balaban J connectivity index is 2.31. The Morgan fingerprint density at radius 2 is 2.15 bits per heavy atom. The first-order chi connectivity index (χ1) is 9.46. The Labute approximate surface area is 128 Å². The van der Waals surface area contributed by atoms with E-state index in [9.17, 15) is 12.8 Å². The summed E-state index contributed by atoms with van der Waals surface area (Å²) in [5.41, 5.74) is 0. The topological polar surface area (TPSA) is 37.4 Å². The van der Waals surface area contributed by atoms with Crippen LogP contribution in [-0.2, 0) is 10.0 Å². The second-order valence-corrected chi connectivity index (χ2v) is 7.46. The molecule has 1 fully saturated rings. The van der Waals surface area contributed by atoms with E-state index in [4.69, 9.17) is 23.2 Å². The van der Waals surface area contributed by atoms with Crippen LogP contribution in [0.25, 0.3) is 0 Å². The van der Waals surface area contributed by atoms with Gasteiger partial charge in [-0.15, -0.1) is 11.6 Å². The number of hydrogen-bond donors (Lipinski definition) is 0. The fraction of sp³-hybridized carbons (Fsp3) is 0.538. The lowest BCUT2D eigenvalue weighted by atomic mass is 10.1. The lowest BCUT2D eigenvalue weighted by Crippen LogP contribution is -2.35. The molecule has 112 valence electrons. The van der Waals surface area contributed by atoms with Gasteiger partial charge in [-0.05, 0) is 43.9 Å². The third-order valence-corrected chi connectivity index (χ3v) is 6.17. The van der Waals surface area contributed by atoms with E-state index in [-0.39, 0.29) is 16.0 Å². The normalized spacial score (nSPS) is 20.4. The SMILES string of the molecule is O=S(=O)(c1cc(F)ccc1Cl)N1CCCC1CCCCl. The third kappa shape index (κ3) is 3.27. The molecule has 0 aromatic heterocycles. The summed E-state index contributed by atoms with van der Waals surface area (Å²) >= 11 is 11.6. The van der Waals surface area contributed by atoms with Crippen molar-refractivity contribution >= 4 is 33.2 Å². The summed E-state index contributed by atoms with van der Waals surface area (Å²) in [6.45, 7) is 0.447. The van der Waals surface area contributed by atoms with Gasteiger partial charge in [-0.25, -0.2) is 12.8 Å². The van der Waals surface area contributed by atoms with Gasteiger partial charge in [-0.3, -0.25) is 0 Å². The molecule has 1 aromatic carbocycles. The first-order valence-electron chi connectivity index (χ1n) is 6.49. The summed E-state index contributed by atoms with van der Waals surface area (Å²) in [6, 6.07) is 3.33. The monoisotopic (exact) mass is 339 g/mol. The number of benzene rings is 1. The zero-order valence-electron chi connectivity index (χ0n) is 10.9. The lowest BCUT2D eigenvalue weighted by Gasteiger charge is -2.24. The fourth-order valence-corrected chi connectivity index (χ4v) is 4.89. The summed E-state index contributed by atoms with van der Waals surface area (Å²) in [4.78, 5) is -0.156. The molecule has 0 saturated carbocycles. The Kier molecular flexibility index (Phi) is 5.29. The van der Waals surface area contributed by atoms with Gasteiger partial charge in [0, 0.05) is 18.5 Å². The molecule has 0 bridgehead atoms. The highest BCUT2D eigenvalue weighted by molar-refractivity contribution is 7.89. The maximum Gasteiger partial charge on any atom is 0.244 e. The quantitative estimate of drug-likeness (QED) is 0.768.